The van der Waals surface area contributed by atoms with Gasteiger partial charge in [-0.25, -0.2) is 4.39 Å². The van der Waals surface area contributed by atoms with E-state index in [2.05, 4.69) is 10.4 Å². The summed E-state index contributed by atoms with van der Waals surface area (Å²) in [6, 6.07) is 3.13. The van der Waals surface area contributed by atoms with Gasteiger partial charge in [0.05, 0.1) is 17.1 Å². The van der Waals surface area contributed by atoms with E-state index in [0.717, 1.165) is 5.52 Å². The molecule has 0 saturated carbocycles. The molecule has 1 aromatic heterocycles. The van der Waals surface area contributed by atoms with Gasteiger partial charge in [0.15, 0.2) is 0 Å². The first kappa shape index (κ1) is 12.8. The van der Waals surface area contributed by atoms with Gasteiger partial charge in [-0.05, 0) is 31.0 Å². The van der Waals surface area contributed by atoms with Gasteiger partial charge in [-0.2, -0.15) is 5.10 Å². The molecule has 1 aliphatic heterocycles. The zero-order chi connectivity index (χ0) is 14.4. The average molecular weight is 275 g/mol. The number of rotatable bonds is 1. The van der Waals surface area contributed by atoms with E-state index in [1.54, 1.807) is 24.7 Å². The van der Waals surface area contributed by atoms with E-state index in [9.17, 15) is 14.0 Å². The van der Waals surface area contributed by atoms with E-state index in [1.807, 2.05) is 0 Å². The van der Waals surface area contributed by atoms with Crippen molar-refractivity contribution in [1.29, 1.82) is 0 Å². The second-order valence-corrected chi connectivity index (χ2v) is 5.13. The summed E-state index contributed by atoms with van der Waals surface area (Å²) in [5, 5.41) is 7.29. The number of amides is 2. The first-order valence-electron chi connectivity index (χ1n) is 6.44. The van der Waals surface area contributed by atoms with Gasteiger partial charge in [-0.3, -0.25) is 19.6 Å². The van der Waals surface area contributed by atoms with E-state index in [-0.39, 0.29) is 24.1 Å². The zero-order valence-corrected chi connectivity index (χ0v) is 11.2. The Morgan fingerprint density at radius 2 is 2.15 bits per heavy atom. The summed E-state index contributed by atoms with van der Waals surface area (Å²) in [5.74, 6) is -1.45. The quantitative estimate of drug-likeness (QED) is 0.803. The number of benzene rings is 1. The molecule has 0 bridgehead atoms. The Kier molecular flexibility index (Phi) is 2.81. The molecule has 2 amide bonds. The molecule has 5 nitrogen and oxygen atoms in total. The number of carbonyl (C=O) groups is 2. The van der Waals surface area contributed by atoms with Crippen molar-refractivity contribution in [3.05, 3.63) is 29.2 Å². The molecule has 1 N–H and O–H groups in total. The normalized spacial score (nSPS) is 19.4. The second-order valence-electron chi connectivity index (χ2n) is 5.13. The van der Waals surface area contributed by atoms with Crippen molar-refractivity contribution in [2.75, 3.05) is 0 Å². The molecule has 1 aromatic carbocycles. The minimum atomic E-state index is -0.501. The van der Waals surface area contributed by atoms with E-state index in [4.69, 9.17) is 0 Å². The predicted octanol–water partition coefficient (Wildman–Crippen LogP) is 1.54. The number of nitrogens with one attached hydrogen (secondary N) is 1. The summed E-state index contributed by atoms with van der Waals surface area (Å²) in [4.78, 5) is 23.1. The lowest BCUT2D eigenvalue weighted by Gasteiger charge is -2.19. The Labute approximate surface area is 114 Å². The Morgan fingerprint density at radius 1 is 1.40 bits per heavy atom. The first-order valence-corrected chi connectivity index (χ1v) is 6.44. The van der Waals surface area contributed by atoms with Gasteiger partial charge in [-0.1, -0.05) is 0 Å². The van der Waals surface area contributed by atoms with Crippen LogP contribution in [0.3, 0.4) is 0 Å². The van der Waals surface area contributed by atoms with Crippen molar-refractivity contribution in [1.82, 2.24) is 15.1 Å². The maximum Gasteiger partial charge on any atom is 0.235 e. The molecule has 104 valence electrons. The van der Waals surface area contributed by atoms with E-state index in [0.29, 0.717) is 23.1 Å². The van der Waals surface area contributed by atoms with Gasteiger partial charge < -0.3 is 0 Å². The maximum absolute atomic E-state index is 13.8. The molecular formula is C14H14FN3O2. The summed E-state index contributed by atoms with van der Waals surface area (Å²) in [5.41, 5.74) is 1.85. The molecule has 20 heavy (non-hydrogen) atoms. The monoisotopic (exact) mass is 275 g/mol. The number of nitrogens with zero attached hydrogens (tertiary/aromatic N) is 2. The Morgan fingerprint density at radius 3 is 2.85 bits per heavy atom. The third kappa shape index (κ3) is 1.88. The van der Waals surface area contributed by atoms with Crippen LogP contribution >= 0.6 is 0 Å². The Bertz CT molecular complexity index is 736. The van der Waals surface area contributed by atoms with Gasteiger partial charge in [-0.15, -0.1) is 0 Å². The summed E-state index contributed by atoms with van der Waals surface area (Å²) in [7, 11) is 1.76. The van der Waals surface area contributed by atoms with Crippen LogP contribution in [0.1, 0.15) is 30.0 Å². The number of halogens is 1. The Hall–Kier alpha value is -2.24. The van der Waals surface area contributed by atoms with Crippen LogP contribution in [0.4, 0.5) is 4.39 Å². The van der Waals surface area contributed by atoms with Crippen LogP contribution in [0.25, 0.3) is 10.9 Å². The van der Waals surface area contributed by atoms with Crippen molar-refractivity contribution >= 4 is 22.7 Å². The fourth-order valence-electron chi connectivity index (χ4n) is 2.62. The highest BCUT2D eigenvalue weighted by Crippen LogP contribution is 2.31. The summed E-state index contributed by atoms with van der Waals surface area (Å²) >= 11 is 0. The molecule has 2 aromatic rings. The maximum atomic E-state index is 13.8. The third-order valence-corrected chi connectivity index (χ3v) is 3.73. The van der Waals surface area contributed by atoms with Crippen LogP contribution in [0, 0.1) is 12.7 Å². The van der Waals surface area contributed by atoms with Crippen LogP contribution in [0.5, 0.6) is 0 Å². The number of carbonyl (C=O) groups excluding carboxylic acids is 2. The molecule has 2 heterocycles. The number of imide groups is 1. The second kappa shape index (κ2) is 4.40. The van der Waals surface area contributed by atoms with Gasteiger partial charge in [0.1, 0.15) is 5.82 Å². The molecule has 3 rings (SSSR count). The molecule has 0 spiro atoms. The van der Waals surface area contributed by atoms with E-state index >= 15 is 0 Å². The standard InChI is InChI=1S/C14H14FN3O2/c1-7-5-11-9(6-10(7)15)13(17-18(11)2)8-3-4-12(19)16-14(8)20/h5-6,8H,3-4H2,1-2H3,(H,16,19,20)/t8-/m0/s1. The Balaban J connectivity index is 2.14. The van der Waals surface area contributed by atoms with Crippen LogP contribution in [0.15, 0.2) is 12.1 Å². The summed E-state index contributed by atoms with van der Waals surface area (Å²) in [6.45, 7) is 1.69. The predicted molar refractivity (Wildman–Crippen MR) is 70.5 cm³/mol. The number of fused-ring (bicyclic) bond motifs is 1. The molecule has 1 aliphatic rings. The van der Waals surface area contributed by atoms with E-state index in [1.165, 1.54) is 6.07 Å². The SMILES string of the molecule is Cc1cc2c(cc1F)c([C@@H]1CCC(=O)NC1=O)nn2C. The molecular weight excluding hydrogens is 261 g/mol. The van der Waals surface area contributed by atoms with Crippen molar-refractivity contribution in [3.8, 4) is 0 Å². The summed E-state index contributed by atoms with van der Waals surface area (Å²) in [6.07, 6.45) is 0.690. The van der Waals surface area contributed by atoms with Gasteiger partial charge in [0, 0.05) is 18.9 Å². The number of hydrogen-bond donors (Lipinski definition) is 1. The van der Waals surface area contributed by atoms with Gasteiger partial charge in [0.25, 0.3) is 0 Å². The topological polar surface area (TPSA) is 64.0 Å². The van der Waals surface area contributed by atoms with Crippen molar-refractivity contribution < 1.29 is 14.0 Å². The van der Waals surface area contributed by atoms with Crippen LogP contribution in [-0.4, -0.2) is 21.6 Å². The number of aromatic nitrogens is 2. The third-order valence-electron chi connectivity index (χ3n) is 3.73. The van der Waals surface area contributed by atoms with Crippen molar-refractivity contribution in [2.45, 2.75) is 25.7 Å². The highest BCUT2D eigenvalue weighted by atomic mass is 19.1. The molecule has 0 unspecified atom stereocenters. The number of aryl methyl sites for hydroxylation is 2. The zero-order valence-electron chi connectivity index (χ0n) is 11.2. The molecule has 1 saturated heterocycles. The minimum absolute atomic E-state index is 0.270. The first-order chi connectivity index (χ1) is 9.47. The molecule has 0 aliphatic carbocycles. The largest absolute Gasteiger partial charge is 0.296 e. The number of piperidine rings is 1. The molecule has 6 heteroatoms. The lowest BCUT2D eigenvalue weighted by atomic mass is 9.92. The lowest BCUT2D eigenvalue weighted by Crippen LogP contribution is -2.39. The van der Waals surface area contributed by atoms with Crippen molar-refractivity contribution in [3.63, 3.8) is 0 Å². The highest BCUT2D eigenvalue weighted by Gasteiger charge is 2.31. The smallest absolute Gasteiger partial charge is 0.235 e. The molecule has 0 radical (unpaired) electrons. The van der Waals surface area contributed by atoms with Gasteiger partial charge in [0.2, 0.25) is 11.8 Å². The fourth-order valence-corrected chi connectivity index (χ4v) is 2.62. The number of hydrogen-bond acceptors (Lipinski definition) is 3. The minimum Gasteiger partial charge on any atom is -0.296 e. The van der Waals surface area contributed by atoms with Crippen LogP contribution in [0.2, 0.25) is 0 Å². The highest BCUT2D eigenvalue weighted by molar-refractivity contribution is 6.02. The lowest BCUT2D eigenvalue weighted by molar-refractivity contribution is -0.134. The fraction of sp³-hybridized carbons (Fsp3) is 0.357. The van der Waals surface area contributed by atoms with Gasteiger partial charge >= 0.3 is 0 Å². The molecule has 1 atom stereocenters. The van der Waals surface area contributed by atoms with Crippen molar-refractivity contribution in [2.24, 2.45) is 7.05 Å². The summed E-state index contributed by atoms with van der Waals surface area (Å²) < 4.78 is 15.4. The van der Waals surface area contributed by atoms with E-state index < -0.39 is 5.92 Å². The van der Waals surface area contributed by atoms with Crippen LogP contribution in [-0.2, 0) is 16.6 Å². The van der Waals surface area contributed by atoms with Crippen LogP contribution < -0.4 is 5.32 Å². The molecule has 1 fully saturated rings. The average Bonchev–Trinajstić information content (AvgIpc) is 2.67.